The number of quaternary nitrogens is 1. The van der Waals surface area contributed by atoms with E-state index in [1.807, 2.05) is 0 Å². The third-order valence-electron chi connectivity index (χ3n) is 7.40. The van der Waals surface area contributed by atoms with E-state index in [4.69, 9.17) is 15.3 Å². The Morgan fingerprint density at radius 3 is 0.838 bits per heavy atom. The van der Waals surface area contributed by atoms with Gasteiger partial charge in [0.2, 0.25) is 0 Å². The minimum atomic E-state index is -1.17. The summed E-state index contributed by atoms with van der Waals surface area (Å²) in [5.74, 6) is -3.50. The van der Waals surface area contributed by atoms with E-state index in [1.54, 1.807) is 0 Å². The first-order chi connectivity index (χ1) is 17.8. The number of nitrogens with zero attached hydrogens (tertiary/aromatic N) is 1. The summed E-state index contributed by atoms with van der Waals surface area (Å²) in [4.78, 5) is 33.6. The van der Waals surface area contributed by atoms with Crippen LogP contribution in [0, 0.1) is 0 Å². The van der Waals surface area contributed by atoms with E-state index in [0.717, 1.165) is 19.3 Å². The molecule has 0 amide bonds. The molecule has 0 rings (SSSR count). The highest BCUT2D eigenvalue weighted by molar-refractivity contribution is 5.73. The molecule has 0 radical (unpaired) electrons. The largest absolute Gasteiger partial charge is 0.477 e. The minimum Gasteiger partial charge on any atom is -0.477 e. The van der Waals surface area contributed by atoms with Crippen LogP contribution in [-0.2, 0) is 14.4 Å². The van der Waals surface area contributed by atoms with Gasteiger partial charge in [0.05, 0.1) is 6.54 Å². The summed E-state index contributed by atoms with van der Waals surface area (Å²) in [6.07, 6.45) is 28.3. The number of carboxylic acids is 3. The van der Waals surface area contributed by atoms with Crippen molar-refractivity contribution in [1.29, 1.82) is 0 Å². The maximum absolute atomic E-state index is 11.2. The predicted octanol–water partition coefficient (Wildman–Crippen LogP) is 7.66. The highest BCUT2D eigenvalue weighted by Crippen LogP contribution is 2.16. The van der Waals surface area contributed by atoms with Gasteiger partial charge in [0.1, 0.15) is 0 Å². The van der Waals surface area contributed by atoms with Crippen LogP contribution in [0.15, 0.2) is 0 Å². The van der Waals surface area contributed by atoms with Gasteiger partial charge in [0, 0.05) is 0 Å². The molecule has 0 bridgehead atoms. The molecule has 218 valence electrons. The molecule has 0 spiro atoms. The summed E-state index contributed by atoms with van der Waals surface area (Å²) in [5, 5.41) is 27.5. The Bertz CT molecular complexity index is 540. The number of rotatable bonds is 29. The molecule has 0 unspecified atom stereocenters. The Labute approximate surface area is 226 Å². The zero-order chi connectivity index (χ0) is 27.6. The fourth-order valence-electron chi connectivity index (χ4n) is 5.32. The molecule has 0 fully saturated rings. The van der Waals surface area contributed by atoms with E-state index in [1.165, 1.54) is 116 Å². The molecule has 0 aliphatic heterocycles. The molecule has 3 N–H and O–H groups in total. The fourth-order valence-corrected chi connectivity index (χ4v) is 5.32. The Hall–Kier alpha value is -1.63. The Kier molecular flexibility index (Phi) is 23.6. The Balaban J connectivity index is 3.59. The van der Waals surface area contributed by atoms with Gasteiger partial charge in [-0.1, -0.05) is 135 Å². The van der Waals surface area contributed by atoms with Gasteiger partial charge >= 0.3 is 17.9 Å². The first-order valence-corrected chi connectivity index (χ1v) is 15.3. The lowest BCUT2D eigenvalue weighted by Crippen LogP contribution is -2.57. The molecule has 0 atom stereocenters. The van der Waals surface area contributed by atoms with Crippen molar-refractivity contribution < 1.29 is 34.2 Å². The number of carbonyl (C=O) groups is 3. The SMILES string of the molecule is CCCCCCCCCCCCCCCCCCCCCCCC[N+](CC(=O)O)(CC(=O)O)CC(=O)O. The van der Waals surface area contributed by atoms with E-state index in [2.05, 4.69) is 6.92 Å². The molecule has 0 aliphatic rings. The molecular weight excluding hydrogens is 470 g/mol. The molecule has 0 aromatic carbocycles. The molecule has 7 nitrogen and oxygen atoms in total. The summed E-state index contributed by atoms with van der Waals surface area (Å²) in [5.41, 5.74) is 0. The second kappa shape index (κ2) is 24.7. The van der Waals surface area contributed by atoms with E-state index < -0.39 is 42.0 Å². The molecule has 0 aromatic heterocycles. The summed E-state index contributed by atoms with van der Waals surface area (Å²) >= 11 is 0. The molecular formula is C30H58NO6+. The van der Waals surface area contributed by atoms with Crippen LogP contribution in [0.25, 0.3) is 0 Å². The summed E-state index contributed by atoms with van der Waals surface area (Å²) in [6.45, 7) is 1.12. The van der Waals surface area contributed by atoms with E-state index in [0.29, 0.717) is 6.42 Å². The quantitative estimate of drug-likeness (QED) is 0.0678. The molecule has 0 heterocycles. The standard InChI is InChI=1S/C30H57NO6/c1-2-3-4-5-6-7-8-9-10-11-12-13-14-15-16-17-18-19-20-21-22-23-24-31(25-28(32)33,26-29(34)35)27-30(36)37/h2-27H2,1H3,(H2-,32,33,34,35,36,37)/p+1. The normalized spacial score (nSPS) is 11.6. The number of carboxylic acid groups (broad SMARTS) is 3. The van der Waals surface area contributed by atoms with E-state index in [9.17, 15) is 14.4 Å². The summed E-state index contributed by atoms with van der Waals surface area (Å²) in [7, 11) is 0. The van der Waals surface area contributed by atoms with Crippen LogP contribution in [0.3, 0.4) is 0 Å². The highest BCUT2D eigenvalue weighted by Gasteiger charge is 2.35. The van der Waals surface area contributed by atoms with Crippen LogP contribution in [0.2, 0.25) is 0 Å². The molecule has 0 aliphatic carbocycles. The zero-order valence-corrected chi connectivity index (χ0v) is 23.9. The van der Waals surface area contributed by atoms with E-state index in [-0.39, 0.29) is 6.54 Å². The monoisotopic (exact) mass is 528 g/mol. The average molecular weight is 529 g/mol. The number of unbranched alkanes of at least 4 members (excludes halogenated alkanes) is 21. The van der Waals surface area contributed by atoms with Crippen LogP contribution in [-0.4, -0.2) is 63.9 Å². The predicted molar refractivity (Wildman–Crippen MR) is 150 cm³/mol. The Morgan fingerprint density at radius 2 is 0.622 bits per heavy atom. The molecule has 0 aromatic rings. The van der Waals surface area contributed by atoms with Crippen LogP contribution in [0.1, 0.15) is 148 Å². The number of hydrogen-bond donors (Lipinski definition) is 3. The van der Waals surface area contributed by atoms with Gasteiger partial charge in [-0.3, -0.25) is 4.48 Å². The topological polar surface area (TPSA) is 112 Å². The van der Waals surface area contributed by atoms with E-state index >= 15 is 0 Å². The number of aliphatic carboxylic acids is 3. The second-order valence-corrected chi connectivity index (χ2v) is 11.1. The highest BCUT2D eigenvalue weighted by atomic mass is 16.4. The molecule has 37 heavy (non-hydrogen) atoms. The lowest BCUT2D eigenvalue weighted by molar-refractivity contribution is -0.907. The lowest BCUT2D eigenvalue weighted by Gasteiger charge is -2.34. The summed E-state index contributed by atoms with van der Waals surface area (Å²) < 4.78 is -0.431. The van der Waals surface area contributed by atoms with Gasteiger partial charge in [-0.15, -0.1) is 0 Å². The Morgan fingerprint density at radius 1 is 0.405 bits per heavy atom. The summed E-state index contributed by atoms with van der Waals surface area (Å²) in [6, 6.07) is 0. The van der Waals surface area contributed by atoms with Gasteiger partial charge in [-0.25, -0.2) is 14.4 Å². The maximum atomic E-state index is 11.2. The average Bonchev–Trinajstić information content (AvgIpc) is 2.81. The van der Waals surface area contributed by atoms with Crippen LogP contribution >= 0.6 is 0 Å². The first kappa shape index (κ1) is 35.4. The number of hydrogen-bond acceptors (Lipinski definition) is 3. The third kappa shape index (κ3) is 24.5. The van der Waals surface area contributed by atoms with Crippen LogP contribution < -0.4 is 0 Å². The minimum absolute atomic E-state index is 0.268. The van der Waals surface area contributed by atoms with Crippen molar-refractivity contribution >= 4 is 17.9 Å². The van der Waals surface area contributed by atoms with Crippen molar-refractivity contribution in [3.8, 4) is 0 Å². The van der Waals surface area contributed by atoms with Crippen molar-refractivity contribution in [2.45, 2.75) is 148 Å². The van der Waals surface area contributed by atoms with Gasteiger partial charge in [-0.2, -0.15) is 0 Å². The van der Waals surface area contributed by atoms with Crippen LogP contribution in [0.4, 0.5) is 0 Å². The maximum Gasteiger partial charge on any atom is 0.359 e. The van der Waals surface area contributed by atoms with Crippen molar-refractivity contribution in [3.05, 3.63) is 0 Å². The first-order valence-electron chi connectivity index (χ1n) is 15.3. The smallest absolute Gasteiger partial charge is 0.359 e. The molecule has 0 saturated carbocycles. The molecule has 0 saturated heterocycles. The van der Waals surface area contributed by atoms with Crippen molar-refractivity contribution in [2.75, 3.05) is 26.2 Å². The molecule has 7 heteroatoms. The zero-order valence-electron chi connectivity index (χ0n) is 23.9. The lowest BCUT2D eigenvalue weighted by atomic mass is 10.0. The van der Waals surface area contributed by atoms with Crippen molar-refractivity contribution in [2.24, 2.45) is 0 Å². The van der Waals surface area contributed by atoms with Gasteiger partial charge in [0.25, 0.3) is 0 Å². The second-order valence-electron chi connectivity index (χ2n) is 11.1. The third-order valence-corrected chi connectivity index (χ3v) is 7.40. The van der Waals surface area contributed by atoms with Gasteiger partial charge in [0.15, 0.2) is 19.6 Å². The van der Waals surface area contributed by atoms with Gasteiger partial charge in [-0.05, 0) is 12.8 Å². The van der Waals surface area contributed by atoms with Crippen LogP contribution in [0.5, 0.6) is 0 Å². The van der Waals surface area contributed by atoms with Crippen molar-refractivity contribution in [3.63, 3.8) is 0 Å². The van der Waals surface area contributed by atoms with Crippen molar-refractivity contribution in [1.82, 2.24) is 0 Å². The fraction of sp³-hybridized carbons (Fsp3) is 0.900. The van der Waals surface area contributed by atoms with Gasteiger partial charge < -0.3 is 15.3 Å².